The van der Waals surface area contributed by atoms with Gasteiger partial charge in [-0.1, -0.05) is 5.21 Å². The van der Waals surface area contributed by atoms with E-state index in [-0.39, 0.29) is 11.8 Å². The van der Waals surface area contributed by atoms with E-state index < -0.39 is 0 Å². The second-order valence-electron chi connectivity index (χ2n) is 6.76. The highest BCUT2D eigenvalue weighted by Crippen LogP contribution is 2.36. The fraction of sp³-hybridized carbons (Fsp3) is 0.350. The summed E-state index contributed by atoms with van der Waals surface area (Å²) in [5.74, 6) is 1.87. The van der Waals surface area contributed by atoms with E-state index in [0.29, 0.717) is 18.7 Å². The van der Waals surface area contributed by atoms with Gasteiger partial charge in [0.1, 0.15) is 17.0 Å². The summed E-state index contributed by atoms with van der Waals surface area (Å²) in [6.45, 7) is 1.36. The second-order valence-corrected chi connectivity index (χ2v) is 6.76. The lowest BCUT2D eigenvalue weighted by Crippen LogP contribution is -2.28. The van der Waals surface area contributed by atoms with Crippen LogP contribution in [0.15, 0.2) is 36.4 Å². The number of carbonyl (C=O) groups is 1. The van der Waals surface area contributed by atoms with Gasteiger partial charge in [0.15, 0.2) is 0 Å². The molecular weight excluding hydrogens is 344 g/mol. The SMILES string of the molecule is COc1ccc(OC)c([C@H]2CCN(C(=O)c3ccc4c(c3)nnn4C)C2)c1. The molecule has 140 valence electrons. The van der Waals surface area contributed by atoms with Crippen molar-refractivity contribution < 1.29 is 14.3 Å². The number of benzene rings is 2. The van der Waals surface area contributed by atoms with Crippen LogP contribution in [-0.4, -0.2) is 53.1 Å². The number of aromatic nitrogens is 3. The van der Waals surface area contributed by atoms with Crippen molar-refractivity contribution in [2.24, 2.45) is 7.05 Å². The minimum atomic E-state index is 0.0203. The zero-order valence-electron chi connectivity index (χ0n) is 15.7. The molecule has 1 aromatic heterocycles. The molecule has 0 saturated carbocycles. The third-order valence-electron chi connectivity index (χ3n) is 5.21. The molecule has 27 heavy (non-hydrogen) atoms. The maximum atomic E-state index is 13.0. The average molecular weight is 366 g/mol. The monoisotopic (exact) mass is 366 g/mol. The van der Waals surface area contributed by atoms with E-state index in [1.54, 1.807) is 18.9 Å². The Kier molecular flexibility index (Phi) is 4.43. The summed E-state index contributed by atoms with van der Waals surface area (Å²) in [6, 6.07) is 11.3. The van der Waals surface area contributed by atoms with Gasteiger partial charge >= 0.3 is 0 Å². The van der Waals surface area contributed by atoms with E-state index >= 15 is 0 Å². The van der Waals surface area contributed by atoms with Gasteiger partial charge in [0.2, 0.25) is 0 Å². The number of methoxy groups -OCH3 is 2. The minimum absolute atomic E-state index is 0.0203. The second kappa shape index (κ2) is 6.90. The largest absolute Gasteiger partial charge is 0.497 e. The molecule has 1 aliphatic heterocycles. The van der Waals surface area contributed by atoms with Crippen molar-refractivity contribution in [1.29, 1.82) is 0 Å². The maximum Gasteiger partial charge on any atom is 0.253 e. The van der Waals surface area contributed by atoms with E-state index in [2.05, 4.69) is 10.3 Å². The highest BCUT2D eigenvalue weighted by atomic mass is 16.5. The van der Waals surface area contributed by atoms with Crippen LogP contribution in [0.2, 0.25) is 0 Å². The summed E-state index contributed by atoms with van der Waals surface area (Å²) < 4.78 is 12.6. The molecule has 2 aromatic carbocycles. The van der Waals surface area contributed by atoms with Crippen LogP contribution in [0.3, 0.4) is 0 Å². The quantitative estimate of drug-likeness (QED) is 0.710. The Labute approximate surface area is 157 Å². The van der Waals surface area contributed by atoms with Gasteiger partial charge in [0.05, 0.1) is 19.7 Å². The first-order valence-electron chi connectivity index (χ1n) is 8.91. The van der Waals surface area contributed by atoms with Crippen LogP contribution in [0.1, 0.15) is 28.3 Å². The van der Waals surface area contributed by atoms with Crippen LogP contribution in [0.4, 0.5) is 0 Å². The van der Waals surface area contributed by atoms with Gasteiger partial charge in [-0.3, -0.25) is 4.79 Å². The first-order chi connectivity index (χ1) is 13.1. The Morgan fingerprint density at radius 3 is 2.78 bits per heavy atom. The predicted molar refractivity (Wildman–Crippen MR) is 101 cm³/mol. The van der Waals surface area contributed by atoms with E-state index in [4.69, 9.17) is 9.47 Å². The third-order valence-corrected chi connectivity index (χ3v) is 5.21. The standard InChI is InChI=1S/C20H22N4O3/c1-23-18-6-4-13(10-17(18)21-22-23)20(25)24-9-8-14(12-24)16-11-15(26-2)5-7-19(16)27-3/h4-7,10-11,14H,8-9,12H2,1-3H3/t14-/m0/s1. The van der Waals surface area contributed by atoms with Crippen molar-refractivity contribution in [3.63, 3.8) is 0 Å². The fourth-order valence-electron chi connectivity index (χ4n) is 3.71. The molecule has 2 heterocycles. The van der Waals surface area contributed by atoms with Crippen LogP contribution in [0, 0.1) is 0 Å². The van der Waals surface area contributed by atoms with Gasteiger partial charge in [0.25, 0.3) is 5.91 Å². The molecule has 1 amide bonds. The summed E-state index contributed by atoms with van der Waals surface area (Å²) in [5, 5.41) is 8.10. The third kappa shape index (κ3) is 3.09. The van der Waals surface area contributed by atoms with Gasteiger partial charge in [-0.15, -0.1) is 5.10 Å². The molecule has 0 aliphatic carbocycles. The van der Waals surface area contributed by atoms with E-state index in [1.165, 1.54) is 0 Å². The van der Waals surface area contributed by atoms with Gasteiger partial charge in [0, 0.05) is 37.2 Å². The van der Waals surface area contributed by atoms with Crippen molar-refractivity contribution in [1.82, 2.24) is 19.9 Å². The topological polar surface area (TPSA) is 69.5 Å². The minimum Gasteiger partial charge on any atom is -0.497 e. The van der Waals surface area contributed by atoms with Crippen LogP contribution < -0.4 is 9.47 Å². The Morgan fingerprint density at radius 2 is 2.00 bits per heavy atom. The van der Waals surface area contributed by atoms with Crippen molar-refractivity contribution in [2.45, 2.75) is 12.3 Å². The summed E-state index contributed by atoms with van der Waals surface area (Å²) in [4.78, 5) is 14.9. The number of hydrogen-bond donors (Lipinski definition) is 0. The normalized spacial score (nSPS) is 16.7. The highest BCUT2D eigenvalue weighted by molar-refractivity contribution is 5.97. The van der Waals surface area contributed by atoms with Gasteiger partial charge in [-0.2, -0.15) is 0 Å². The van der Waals surface area contributed by atoms with Gasteiger partial charge < -0.3 is 14.4 Å². The van der Waals surface area contributed by atoms with Crippen molar-refractivity contribution in [3.8, 4) is 11.5 Å². The Hall–Kier alpha value is -3.09. The number of rotatable bonds is 4. The number of aryl methyl sites for hydroxylation is 1. The van der Waals surface area contributed by atoms with E-state index in [9.17, 15) is 4.79 Å². The summed E-state index contributed by atoms with van der Waals surface area (Å²) in [6.07, 6.45) is 0.892. The number of carbonyl (C=O) groups excluding carboxylic acids is 1. The van der Waals surface area contributed by atoms with Crippen LogP contribution in [0.25, 0.3) is 11.0 Å². The molecule has 1 atom stereocenters. The summed E-state index contributed by atoms with van der Waals surface area (Å²) in [7, 11) is 5.15. The fourth-order valence-corrected chi connectivity index (χ4v) is 3.71. The van der Waals surface area contributed by atoms with Crippen LogP contribution in [0.5, 0.6) is 11.5 Å². The molecule has 1 fully saturated rings. The van der Waals surface area contributed by atoms with Gasteiger partial charge in [-0.25, -0.2) is 4.68 Å². The van der Waals surface area contributed by atoms with Crippen LogP contribution >= 0.6 is 0 Å². The molecule has 0 unspecified atom stereocenters. The summed E-state index contributed by atoms with van der Waals surface area (Å²) >= 11 is 0. The number of likely N-dealkylation sites (tertiary alicyclic amines) is 1. The Morgan fingerprint density at radius 1 is 1.15 bits per heavy atom. The van der Waals surface area contributed by atoms with Crippen molar-refractivity contribution in [2.75, 3.05) is 27.3 Å². The highest BCUT2D eigenvalue weighted by Gasteiger charge is 2.30. The molecule has 0 radical (unpaired) electrons. The Balaban J connectivity index is 1.56. The lowest BCUT2D eigenvalue weighted by atomic mass is 9.97. The number of hydrogen-bond acceptors (Lipinski definition) is 5. The molecule has 0 bridgehead atoms. The molecule has 7 nitrogen and oxygen atoms in total. The average Bonchev–Trinajstić information content (AvgIpc) is 3.34. The molecule has 1 saturated heterocycles. The first-order valence-corrected chi connectivity index (χ1v) is 8.91. The zero-order chi connectivity index (χ0) is 19.0. The lowest BCUT2D eigenvalue weighted by Gasteiger charge is -2.18. The van der Waals surface area contributed by atoms with E-state index in [1.807, 2.05) is 48.3 Å². The molecule has 0 spiro atoms. The molecular formula is C20H22N4O3. The lowest BCUT2D eigenvalue weighted by molar-refractivity contribution is 0.0791. The number of nitrogens with zero attached hydrogens (tertiary/aromatic N) is 4. The van der Waals surface area contributed by atoms with Crippen molar-refractivity contribution in [3.05, 3.63) is 47.5 Å². The smallest absolute Gasteiger partial charge is 0.253 e. The molecule has 1 aliphatic rings. The van der Waals surface area contributed by atoms with E-state index in [0.717, 1.165) is 34.5 Å². The number of ether oxygens (including phenoxy) is 2. The number of amides is 1. The number of fused-ring (bicyclic) bond motifs is 1. The van der Waals surface area contributed by atoms with Crippen LogP contribution in [-0.2, 0) is 7.05 Å². The molecule has 7 heteroatoms. The zero-order valence-corrected chi connectivity index (χ0v) is 15.7. The maximum absolute atomic E-state index is 13.0. The summed E-state index contributed by atoms with van der Waals surface area (Å²) in [5.41, 5.74) is 3.36. The molecule has 3 aromatic rings. The molecule has 0 N–H and O–H groups in total. The molecule has 4 rings (SSSR count). The Bertz CT molecular complexity index is 998. The predicted octanol–water partition coefficient (Wildman–Crippen LogP) is 2.62. The van der Waals surface area contributed by atoms with Crippen molar-refractivity contribution >= 4 is 16.9 Å². The van der Waals surface area contributed by atoms with Gasteiger partial charge in [-0.05, 0) is 42.8 Å². The first kappa shape index (κ1) is 17.3.